The number of alkyl halides is 2. The fourth-order valence-electron chi connectivity index (χ4n) is 4.03. The maximum atomic E-state index is 13.3. The number of allylic oxidation sites excluding steroid dienone is 5. The molecule has 0 aliphatic heterocycles. The van der Waals surface area contributed by atoms with Gasteiger partial charge in [-0.05, 0) is 51.5 Å². The van der Waals surface area contributed by atoms with Crippen LogP contribution in [0.3, 0.4) is 0 Å². The minimum Gasteiger partial charge on any atom is -0.331 e. The summed E-state index contributed by atoms with van der Waals surface area (Å²) in [5, 5.41) is 6.21. The van der Waals surface area contributed by atoms with Gasteiger partial charge < -0.3 is 9.88 Å². The van der Waals surface area contributed by atoms with Crippen LogP contribution in [-0.2, 0) is 0 Å². The number of fused-ring (bicyclic) bond motifs is 1. The number of rotatable bonds is 8. The molecule has 0 aliphatic carbocycles. The van der Waals surface area contributed by atoms with Crippen molar-refractivity contribution in [2.75, 3.05) is 5.32 Å². The van der Waals surface area contributed by atoms with E-state index in [0.717, 1.165) is 38.7 Å². The summed E-state index contributed by atoms with van der Waals surface area (Å²) < 4.78 is 28.7. The van der Waals surface area contributed by atoms with Crippen molar-refractivity contribution >= 4 is 38.8 Å². The van der Waals surface area contributed by atoms with E-state index < -0.39 is 6.43 Å². The average molecular weight is 491 g/mol. The zero-order chi connectivity index (χ0) is 25.1. The largest absolute Gasteiger partial charge is 0.331 e. The second kappa shape index (κ2) is 10.4. The highest BCUT2D eigenvalue weighted by Gasteiger charge is 2.18. The Hall–Kier alpha value is -3.58. The minimum atomic E-state index is -2.53. The van der Waals surface area contributed by atoms with Crippen molar-refractivity contribution in [3.05, 3.63) is 89.5 Å². The molecular weight excluding hydrogens is 462 g/mol. The standard InChI is InChI=1S/C28H28F2N4S/c1-6-9-19(10-7-2)24-16-35-28(33-24)32-22-15-23-25(13-18(22)5)34(17(3)4)27(31-23)21-12-8-11-20(14-21)26(29)30/h6-17,26H,1H2,2-5H3,(H,32,33). The van der Waals surface area contributed by atoms with Crippen LogP contribution in [-0.4, -0.2) is 14.5 Å². The summed E-state index contributed by atoms with van der Waals surface area (Å²) in [5.74, 6) is 0.677. The zero-order valence-corrected chi connectivity index (χ0v) is 21.0. The molecule has 0 spiro atoms. The van der Waals surface area contributed by atoms with Crippen LogP contribution in [0.2, 0.25) is 0 Å². The molecule has 4 nitrogen and oxygen atoms in total. The summed E-state index contributed by atoms with van der Waals surface area (Å²) in [6.07, 6.45) is 5.13. The van der Waals surface area contributed by atoms with E-state index in [4.69, 9.17) is 9.97 Å². The lowest BCUT2D eigenvalue weighted by atomic mass is 10.1. The van der Waals surface area contributed by atoms with E-state index in [-0.39, 0.29) is 11.6 Å². The van der Waals surface area contributed by atoms with Crippen LogP contribution < -0.4 is 5.32 Å². The summed E-state index contributed by atoms with van der Waals surface area (Å²) in [5.41, 5.74) is 6.23. The van der Waals surface area contributed by atoms with E-state index in [9.17, 15) is 8.78 Å². The molecule has 0 radical (unpaired) electrons. The van der Waals surface area contributed by atoms with Gasteiger partial charge in [0.1, 0.15) is 5.82 Å². The molecule has 35 heavy (non-hydrogen) atoms. The quantitative estimate of drug-likeness (QED) is 0.251. The first-order valence-corrected chi connectivity index (χ1v) is 12.3. The number of anilines is 2. The van der Waals surface area contributed by atoms with E-state index in [1.165, 1.54) is 23.5 Å². The van der Waals surface area contributed by atoms with Gasteiger partial charge in [0.2, 0.25) is 0 Å². The second-order valence-corrected chi connectivity index (χ2v) is 9.36. The second-order valence-electron chi connectivity index (χ2n) is 8.50. The van der Waals surface area contributed by atoms with Crippen LogP contribution in [0, 0.1) is 6.92 Å². The van der Waals surface area contributed by atoms with Gasteiger partial charge in [0.25, 0.3) is 6.43 Å². The first kappa shape index (κ1) is 24.5. The minimum absolute atomic E-state index is 0.00855. The van der Waals surface area contributed by atoms with E-state index in [2.05, 4.69) is 36.4 Å². The first-order chi connectivity index (χ1) is 16.8. The molecule has 4 aromatic rings. The fourth-order valence-corrected chi connectivity index (χ4v) is 4.76. The van der Waals surface area contributed by atoms with Gasteiger partial charge in [-0.3, -0.25) is 0 Å². The fraction of sp³-hybridized carbons (Fsp3) is 0.214. The molecule has 0 bridgehead atoms. The number of benzene rings is 2. The smallest absolute Gasteiger partial charge is 0.263 e. The first-order valence-electron chi connectivity index (χ1n) is 11.4. The van der Waals surface area contributed by atoms with Crippen LogP contribution in [0.15, 0.2) is 72.7 Å². The number of halogens is 2. The van der Waals surface area contributed by atoms with E-state index in [1.54, 1.807) is 12.1 Å². The van der Waals surface area contributed by atoms with Crippen LogP contribution in [0.5, 0.6) is 0 Å². The lowest BCUT2D eigenvalue weighted by molar-refractivity contribution is 0.151. The van der Waals surface area contributed by atoms with Gasteiger partial charge in [0, 0.05) is 33.8 Å². The zero-order valence-electron chi connectivity index (χ0n) is 20.2. The van der Waals surface area contributed by atoms with Crippen molar-refractivity contribution in [2.45, 2.75) is 40.2 Å². The Balaban J connectivity index is 1.75. The highest BCUT2D eigenvalue weighted by molar-refractivity contribution is 7.13. The number of imidazole rings is 1. The number of hydrogen-bond donors (Lipinski definition) is 1. The molecule has 0 amide bonds. The summed E-state index contributed by atoms with van der Waals surface area (Å²) in [6.45, 7) is 11.9. The Morgan fingerprint density at radius 3 is 2.66 bits per heavy atom. The highest BCUT2D eigenvalue weighted by Crippen LogP contribution is 2.34. The van der Waals surface area contributed by atoms with Crippen LogP contribution in [0.1, 0.15) is 50.1 Å². The highest BCUT2D eigenvalue weighted by atomic mass is 32.1. The predicted octanol–water partition coefficient (Wildman–Crippen LogP) is 8.88. The van der Waals surface area contributed by atoms with E-state index in [1.807, 2.05) is 49.6 Å². The van der Waals surface area contributed by atoms with Gasteiger partial charge in [0.05, 0.1) is 16.7 Å². The third-order valence-electron chi connectivity index (χ3n) is 5.63. The van der Waals surface area contributed by atoms with Gasteiger partial charge in [-0.2, -0.15) is 0 Å². The van der Waals surface area contributed by atoms with Gasteiger partial charge in [-0.1, -0.05) is 49.1 Å². The summed E-state index contributed by atoms with van der Waals surface area (Å²) >= 11 is 1.53. The molecule has 0 atom stereocenters. The molecule has 7 heteroatoms. The van der Waals surface area contributed by atoms with Crippen molar-refractivity contribution in [3.63, 3.8) is 0 Å². The molecule has 2 heterocycles. The third-order valence-corrected chi connectivity index (χ3v) is 6.39. The Morgan fingerprint density at radius 2 is 1.97 bits per heavy atom. The Kier molecular flexibility index (Phi) is 7.26. The molecule has 1 N–H and O–H groups in total. The lowest BCUT2D eigenvalue weighted by Gasteiger charge is -2.14. The maximum absolute atomic E-state index is 13.3. The van der Waals surface area contributed by atoms with Gasteiger partial charge >= 0.3 is 0 Å². The Bertz CT molecular complexity index is 1430. The van der Waals surface area contributed by atoms with Gasteiger partial charge in [-0.25, -0.2) is 18.7 Å². The lowest BCUT2D eigenvalue weighted by Crippen LogP contribution is -2.03. The number of hydrogen-bond acceptors (Lipinski definition) is 4. The molecule has 0 unspecified atom stereocenters. The van der Waals surface area contributed by atoms with Crippen molar-refractivity contribution in [3.8, 4) is 11.4 Å². The summed E-state index contributed by atoms with van der Waals surface area (Å²) in [7, 11) is 0. The molecule has 0 saturated heterocycles. The van der Waals surface area contributed by atoms with Crippen molar-refractivity contribution in [1.82, 2.24) is 14.5 Å². The van der Waals surface area contributed by atoms with Crippen molar-refractivity contribution < 1.29 is 8.78 Å². The summed E-state index contributed by atoms with van der Waals surface area (Å²) in [4.78, 5) is 9.59. The molecule has 4 rings (SSSR count). The Labute approximate surface area is 208 Å². The van der Waals surface area contributed by atoms with Gasteiger partial charge in [-0.15, -0.1) is 11.3 Å². The molecule has 0 saturated carbocycles. The van der Waals surface area contributed by atoms with E-state index in [0.29, 0.717) is 11.4 Å². The number of nitrogens with zero attached hydrogens (tertiary/aromatic N) is 3. The topological polar surface area (TPSA) is 42.7 Å². The molecule has 0 fully saturated rings. The number of thiazole rings is 1. The monoisotopic (exact) mass is 490 g/mol. The van der Waals surface area contributed by atoms with Crippen LogP contribution in [0.4, 0.5) is 19.6 Å². The molecule has 180 valence electrons. The Morgan fingerprint density at radius 1 is 1.17 bits per heavy atom. The van der Waals surface area contributed by atoms with Crippen molar-refractivity contribution in [2.24, 2.45) is 0 Å². The SMILES string of the molecule is C=CC=C(C=CC)c1csc(Nc2cc3nc(-c4cccc(C(F)F)c4)n(C(C)C)c3cc2C)n1. The number of nitrogens with one attached hydrogen (secondary N) is 1. The molecule has 0 aliphatic rings. The molecule has 2 aromatic heterocycles. The predicted molar refractivity (Wildman–Crippen MR) is 144 cm³/mol. The summed E-state index contributed by atoms with van der Waals surface area (Å²) in [6, 6.07) is 10.6. The average Bonchev–Trinajstić information content (AvgIpc) is 3.44. The van der Waals surface area contributed by atoms with Crippen molar-refractivity contribution in [1.29, 1.82) is 0 Å². The third kappa shape index (κ3) is 5.10. The molecular formula is C28H28F2N4S. The van der Waals surface area contributed by atoms with Crippen LogP contribution >= 0.6 is 11.3 Å². The van der Waals surface area contributed by atoms with Gasteiger partial charge in [0.15, 0.2) is 5.13 Å². The van der Waals surface area contributed by atoms with Crippen LogP contribution in [0.25, 0.3) is 28.0 Å². The van der Waals surface area contributed by atoms with E-state index >= 15 is 0 Å². The maximum Gasteiger partial charge on any atom is 0.263 e. The number of aryl methyl sites for hydroxylation is 1. The molecule has 2 aromatic carbocycles. The number of aromatic nitrogens is 3. The normalized spacial score (nSPS) is 12.4.